The zero-order valence-corrected chi connectivity index (χ0v) is 19.1. The average molecular weight is 422 g/mol. The number of amides is 1. The van der Waals surface area contributed by atoms with Crippen molar-refractivity contribution in [3.05, 3.63) is 57.6 Å². The lowest BCUT2D eigenvalue weighted by atomic mass is 9.81. The van der Waals surface area contributed by atoms with Crippen LogP contribution >= 0.6 is 0 Å². The molecule has 0 N–H and O–H groups in total. The summed E-state index contributed by atoms with van der Waals surface area (Å²) < 4.78 is 12.3. The van der Waals surface area contributed by atoms with Gasteiger partial charge in [0.15, 0.2) is 12.4 Å². The number of carbonyl (C=O) groups is 2. The van der Waals surface area contributed by atoms with E-state index in [1.807, 2.05) is 57.7 Å². The van der Waals surface area contributed by atoms with E-state index < -0.39 is 5.60 Å². The second kappa shape index (κ2) is 8.03. The van der Waals surface area contributed by atoms with Crippen LogP contribution in [0.4, 0.5) is 0 Å². The van der Waals surface area contributed by atoms with Gasteiger partial charge < -0.3 is 14.4 Å². The van der Waals surface area contributed by atoms with E-state index in [0.717, 1.165) is 39.3 Å². The predicted molar refractivity (Wildman–Crippen MR) is 120 cm³/mol. The lowest BCUT2D eigenvalue weighted by molar-refractivity contribution is -0.137. The summed E-state index contributed by atoms with van der Waals surface area (Å²) in [5.41, 5.74) is 5.67. The first-order valence-corrected chi connectivity index (χ1v) is 11.0. The Labute approximate surface area is 184 Å². The van der Waals surface area contributed by atoms with Crippen molar-refractivity contribution in [1.29, 1.82) is 0 Å². The molecule has 2 aromatic rings. The number of Topliss-reactive ketones (excluding diaryl/α,β-unsaturated/α-hetero) is 1. The Balaban J connectivity index is 1.40. The van der Waals surface area contributed by atoms with E-state index in [1.165, 1.54) is 0 Å². The van der Waals surface area contributed by atoms with Gasteiger partial charge in [0, 0.05) is 25.9 Å². The van der Waals surface area contributed by atoms with Gasteiger partial charge in [0.2, 0.25) is 0 Å². The molecule has 0 saturated carbocycles. The second-order valence-corrected chi connectivity index (χ2v) is 9.14. The Morgan fingerprint density at radius 3 is 2.45 bits per heavy atom. The topological polar surface area (TPSA) is 55.8 Å². The standard InChI is InChI=1S/C26H31NO4/c1-16-12-18(3)19(4)23(13-16)30-15-24(29)27-10-8-26(9-11-27)14-22(28)21-7-6-17(2)20(5)25(21)31-26/h6-7,12-13H,8-11,14-15H2,1-5H3. The van der Waals surface area contributed by atoms with Crippen molar-refractivity contribution < 1.29 is 19.1 Å². The number of fused-ring (bicyclic) bond motifs is 1. The van der Waals surface area contributed by atoms with Crippen molar-refractivity contribution in [2.24, 2.45) is 0 Å². The molecular formula is C26H31NO4. The molecule has 1 fully saturated rings. The van der Waals surface area contributed by atoms with Crippen LogP contribution < -0.4 is 9.47 Å². The van der Waals surface area contributed by atoms with Gasteiger partial charge in [0.1, 0.15) is 17.1 Å². The number of likely N-dealkylation sites (tertiary alicyclic amines) is 1. The number of hydrogen-bond donors (Lipinski definition) is 0. The molecule has 0 radical (unpaired) electrons. The Bertz CT molecular complexity index is 1050. The maximum atomic E-state index is 12.8. The summed E-state index contributed by atoms with van der Waals surface area (Å²) in [6.45, 7) is 11.3. The van der Waals surface area contributed by atoms with Crippen LogP contribution in [0.25, 0.3) is 0 Å². The summed E-state index contributed by atoms with van der Waals surface area (Å²) in [6, 6.07) is 7.94. The SMILES string of the molecule is Cc1cc(C)c(C)c(OCC(=O)N2CCC3(CC2)CC(=O)c2ccc(C)c(C)c2O3)c1. The van der Waals surface area contributed by atoms with Crippen LogP contribution in [0.15, 0.2) is 24.3 Å². The summed E-state index contributed by atoms with van der Waals surface area (Å²) in [5, 5.41) is 0. The van der Waals surface area contributed by atoms with Crippen molar-refractivity contribution in [3.63, 3.8) is 0 Å². The normalized spacial score (nSPS) is 17.3. The zero-order valence-electron chi connectivity index (χ0n) is 19.1. The number of hydrogen-bond acceptors (Lipinski definition) is 4. The number of rotatable bonds is 3. The molecule has 5 heteroatoms. The maximum absolute atomic E-state index is 12.8. The van der Waals surface area contributed by atoms with Crippen molar-refractivity contribution in [2.45, 2.75) is 59.5 Å². The smallest absolute Gasteiger partial charge is 0.260 e. The molecule has 31 heavy (non-hydrogen) atoms. The van der Waals surface area contributed by atoms with Gasteiger partial charge in [-0.2, -0.15) is 0 Å². The highest BCUT2D eigenvalue weighted by molar-refractivity contribution is 6.01. The van der Waals surface area contributed by atoms with Crippen LogP contribution in [0.2, 0.25) is 0 Å². The lowest BCUT2D eigenvalue weighted by Gasteiger charge is -2.44. The lowest BCUT2D eigenvalue weighted by Crippen LogP contribution is -2.53. The van der Waals surface area contributed by atoms with Gasteiger partial charge in [0.05, 0.1) is 12.0 Å². The Morgan fingerprint density at radius 1 is 1.03 bits per heavy atom. The minimum Gasteiger partial charge on any atom is -0.486 e. The second-order valence-electron chi connectivity index (χ2n) is 9.14. The first kappa shape index (κ1) is 21.4. The van der Waals surface area contributed by atoms with Crippen LogP contribution in [0, 0.1) is 34.6 Å². The zero-order chi connectivity index (χ0) is 22.3. The van der Waals surface area contributed by atoms with E-state index in [9.17, 15) is 9.59 Å². The number of ether oxygens (including phenoxy) is 2. The third-order valence-corrected chi connectivity index (χ3v) is 6.92. The van der Waals surface area contributed by atoms with E-state index in [-0.39, 0.29) is 18.3 Å². The summed E-state index contributed by atoms with van der Waals surface area (Å²) >= 11 is 0. The Hall–Kier alpha value is -2.82. The van der Waals surface area contributed by atoms with Crippen molar-refractivity contribution in [2.75, 3.05) is 19.7 Å². The number of carbonyl (C=O) groups excluding carboxylic acids is 2. The summed E-state index contributed by atoms with van der Waals surface area (Å²) in [5.74, 6) is 1.60. The molecule has 2 aromatic carbocycles. The molecule has 2 heterocycles. The minimum atomic E-state index is -0.509. The predicted octanol–water partition coefficient (Wildman–Crippen LogP) is 4.63. The average Bonchev–Trinajstić information content (AvgIpc) is 2.73. The van der Waals surface area contributed by atoms with Crippen molar-refractivity contribution in [3.8, 4) is 11.5 Å². The number of ketones is 1. The molecule has 0 bridgehead atoms. The van der Waals surface area contributed by atoms with E-state index >= 15 is 0 Å². The van der Waals surface area contributed by atoms with E-state index in [2.05, 4.69) is 6.07 Å². The number of benzene rings is 2. The van der Waals surface area contributed by atoms with E-state index in [0.29, 0.717) is 37.9 Å². The largest absolute Gasteiger partial charge is 0.486 e. The van der Waals surface area contributed by atoms with Crippen LogP contribution in [0.3, 0.4) is 0 Å². The fourth-order valence-electron chi connectivity index (χ4n) is 4.61. The Morgan fingerprint density at radius 2 is 1.74 bits per heavy atom. The molecule has 1 spiro atoms. The van der Waals surface area contributed by atoms with Crippen LogP contribution in [-0.4, -0.2) is 41.9 Å². The minimum absolute atomic E-state index is 0.0250. The molecule has 0 atom stereocenters. The first-order chi connectivity index (χ1) is 14.7. The number of piperidine rings is 1. The molecule has 2 aliphatic rings. The summed E-state index contributed by atoms with van der Waals surface area (Å²) in [6.07, 6.45) is 1.68. The summed E-state index contributed by atoms with van der Waals surface area (Å²) in [7, 11) is 0. The monoisotopic (exact) mass is 421 g/mol. The van der Waals surface area contributed by atoms with Crippen molar-refractivity contribution >= 4 is 11.7 Å². The molecule has 5 nitrogen and oxygen atoms in total. The van der Waals surface area contributed by atoms with Gasteiger partial charge in [0.25, 0.3) is 5.91 Å². The van der Waals surface area contributed by atoms with Crippen molar-refractivity contribution in [1.82, 2.24) is 4.90 Å². The van der Waals surface area contributed by atoms with Gasteiger partial charge in [-0.25, -0.2) is 0 Å². The fraction of sp³-hybridized carbons (Fsp3) is 0.462. The number of nitrogens with zero attached hydrogens (tertiary/aromatic N) is 1. The molecule has 164 valence electrons. The maximum Gasteiger partial charge on any atom is 0.260 e. The molecule has 4 rings (SSSR count). The van der Waals surface area contributed by atoms with E-state index in [1.54, 1.807) is 0 Å². The molecule has 2 aliphatic heterocycles. The summed E-state index contributed by atoms with van der Waals surface area (Å²) in [4.78, 5) is 27.4. The van der Waals surface area contributed by atoms with Gasteiger partial charge in [-0.1, -0.05) is 12.1 Å². The fourth-order valence-corrected chi connectivity index (χ4v) is 4.61. The molecule has 0 aromatic heterocycles. The third-order valence-electron chi connectivity index (χ3n) is 6.92. The Kier molecular flexibility index (Phi) is 5.54. The highest BCUT2D eigenvalue weighted by atomic mass is 16.5. The first-order valence-electron chi connectivity index (χ1n) is 11.0. The van der Waals surface area contributed by atoms with Gasteiger partial charge in [-0.3, -0.25) is 9.59 Å². The van der Waals surface area contributed by atoms with Gasteiger partial charge in [-0.15, -0.1) is 0 Å². The quantitative estimate of drug-likeness (QED) is 0.725. The van der Waals surface area contributed by atoms with Crippen LogP contribution in [0.1, 0.15) is 57.4 Å². The van der Waals surface area contributed by atoms with Crippen LogP contribution in [0.5, 0.6) is 11.5 Å². The molecule has 1 saturated heterocycles. The molecule has 0 unspecified atom stereocenters. The highest BCUT2D eigenvalue weighted by Crippen LogP contribution is 2.41. The number of aryl methyl sites for hydroxylation is 3. The molecule has 0 aliphatic carbocycles. The third kappa shape index (κ3) is 4.06. The molecular weight excluding hydrogens is 390 g/mol. The van der Waals surface area contributed by atoms with Gasteiger partial charge in [-0.05, 0) is 74.6 Å². The van der Waals surface area contributed by atoms with E-state index in [4.69, 9.17) is 9.47 Å². The highest BCUT2D eigenvalue weighted by Gasteiger charge is 2.44. The van der Waals surface area contributed by atoms with Crippen LogP contribution in [-0.2, 0) is 4.79 Å². The van der Waals surface area contributed by atoms with Gasteiger partial charge >= 0.3 is 0 Å². The molecule has 1 amide bonds.